The molecule has 3 heteroatoms. The van der Waals surface area contributed by atoms with Crippen LogP contribution in [0.1, 0.15) is 22.3 Å². The van der Waals surface area contributed by atoms with E-state index in [4.69, 9.17) is 0 Å². The zero-order valence-corrected chi connectivity index (χ0v) is 31.6. The average molecular weight is 745 g/mol. The summed E-state index contributed by atoms with van der Waals surface area (Å²) in [6, 6.07) is 79.3. The fraction of sp³-hybridized carbons (Fsp3) is 0.0182. The van der Waals surface area contributed by atoms with Crippen LogP contribution >= 0.6 is 0 Å². The number of para-hydroxylation sites is 2. The minimum absolute atomic E-state index is 0.240. The molecule has 1 aliphatic rings. The van der Waals surface area contributed by atoms with Crippen LogP contribution in [-0.2, 0) is 5.41 Å². The maximum absolute atomic E-state index is 13.9. The van der Waals surface area contributed by atoms with Gasteiger partial charge in [-0.15, -0.1) is 0 Å². The molecule has 0 N–H and O–H groups in total. The molecule has 1 heterocycles. The average Bonchev–Trinajstić information content (AvgIpc) is 3.78. The Morgan fingerprint density at radius 2 is 0.931 bits per heavy atom. The summed E-state index contributed by atoms with van der Waals surface area (Å²) in [7, 11) is 0. The normalized spacial score (nSPS) is 12.7. The predicted molar refractivity (Wildman–Crippen MR) is 238 cm³/mol. The Labute approximate surface area is 337 Å². The van der Waals surface area contributed by atoms with E-state index in [2.05, 4.69) is 210 Å². The zero-order chi connectivity index (χ0) is 38.6. The van der Waals surface area contributed by atoms with E-state index in [0.717, 1.165) is 55.7 Å². The zero-order valence-electron chi connectivity index (χ0n) is 31.6. The lowest BCUT2D eigenvalue weighted by atomic mass is 9.67. The van der Waals surface area contributed by atoms with Crippen LogP contribution in [0.4, 0.5) is 21.5 Å². The van der Waals surface area contributed by atoms with Gasteiger partial charge in [0, 0.05) is 33.5 Å². The quantitative estimate of drug-likeness (QED) is 0.158. The third-order valence-corrected chi connectivity index (χ3v) is 11.9. The summed E-state index contributed by atoms with van der Waals surface area (Å²) in [5.41, 5.74) is 15.7. The minimum atomic E-state index is -0.491. The van der Waals surface area contributed by atoms with Crippen LogP contribution in [0.3, 0.4) is 0 Å². The van der Waals surface area contributed by atoms with Crippen LogP contribution in [0, 0.1) is 5.82 Å². The van der Waals surface area contributed by atoms with Crippen molar-refractivity contribution in [1.29, 1.82) is 0 Å². The molecule has 0 spiro atoms. The van der Waals surface area contributed by atoms with Gasteiger partial charge >= 0.3 is 0 Å². The van der Waals surface area contributed by atoms with Crippen molar-refractivity contribution in [3.63, 3.8) is 0 Å². The maximum Gasteiger partial charge on any atom is 0.123 e. The monoisotopic (exact) mass is 744 g/mol. The van der Waals surface area contributed by atoms with E-state index >= 15 is 0 Å². The van der Waals surface area contributed by atoms with Crippen molar-refractivity contribution in [2.24, 2.45) is 0 Å². The Bertz CT molecular complexity index is 3060. The molecule has 58 heavy (non-hydrogen) atoms. The van der Waals surface area contributed by atoms with Crippen molar-refractivity contribution < 1.29 is 4.39 Å². The van der Waals surface area contributed by atoms with Gasteiger partial charge in [-0.05, 0) is 123 Å². The number of hydrogen-bond donors (Lipinski definition) is 0. The molecule has 0 saturated heterocycles. The fourth-order valence-corrected chi connectivity index (χ4v) is 9.42. The maximum atomic E-state index is 13.9. The summed E-state index contributed by atoms with van der Waals surface area (Å²) in [4.78, 5) is 2.37. The molecule has 9 aromatic carbocycles. The van der Waals surface area contributed by atoms with Crippen molar-refractivity contribution >= 4 is 38.9 Å². The van der Waals surface area contributed by atoms with E-state index in [1.165, 1.54) is 45.5 Å². The number of aromatic nitrogens is 1. The van der Waals surface area contributed by atoms with Crippen LogP contribution in [-0.4, -0.2) is 4.57 Å². The summed E-state index contributed by atoms with van der Waals surface area (Å²) >= 11 is 0. The minimum Gasteiger partial charge on any atom is -0.310 e. The number of benzene rings is 9. The van der Waals surface area contributed by atoms with Crippen LogP contribution in [0.5, 0.6) is 0 Å². The largest absolute Gasteiger partial charge is 0.310 e. The van der Waals surface area contributed by atoms with Crippen molar-refractivity contribution in [3.8, 4) is 27.9 Å². The van der Waals surface area contributed by atoms with Gasteiger partial charge in [0.2, 0.25) is 0 Å². The van der Waals surface area contributed by atoms with E-state index in [9.17, 15) is 4.39 Å². The molecule has 11 rings (SSSR count). The number of hydrogen-bond acceptors (Lipinski definition) is 1. The molecule has 274 valence electrons. The molecular formula is C55H37FN2. The number of nitrogens with zero attached hydrogens (tertiary/aromatic N) is 2. The lowest BCUT2D eigenvalue weighted by Crippen LogP contribution is -2.28. The standard InChI is InChI=1S/C55H37FN2/c56-42-27-31-45(32-28-42)58-53-23-13-11-21-49(53)50-36-39(26-35-54(50)58)38-24-29-44(30-25-38)57(43-18-8-3-9-19-43)46-33-34-48-47-20-10-12-22-51(47)55(52(48)37-46,40-14-4-1-5-15-40)41-16-6-2-7-17-41/h1-37H. The molecular weight excluding hydrogens is 708 g/mol. The van der Waals surface area contributed by atoms with Gasteiger partial charge in [-0.1, -0.05) is 146 Å². The van der Waals surface area contributed by atoms with Crippen molar-refractivity contribution in [2.75, 3.05) is 4.90 Å². The van der Waals surface area contributed by atoms with E-state index in [1.54, 1.807) is 0 Å². The third-order valence-electron chi connectivity index (χ3n) is 11.9. The molecule has 0 atom stereocenters. The molecule has 0 bridgehead atoms. The Balaban J connectivity index is 1.05. The predicted octanol–water partition coefficient (Wildman–Crippen LogP) is 14.4. The number of halogens is 1. The molecule has 0 unspecified atom stereocenters. The molecule has 0 radical (unpaired) electrons. The molecule has 1 aromatic heterocycles. The summed E-state index contributed by atoms with van der Waals surface area (Å²) in [5.74, 6) is -0.240. The van der Waals surface area contributed by atoms with Gasteiger partial charge in [0.15, 0.2) is 0 Å². The molecule has 0 fully saturated rings. The molecule has 0 saturated carbocycles. The SMILES string of the molecule is Fc1ccc(-n2c3ccccc3c3cc(-c4ccc(N(c5ccccc5)c5ccc6c(c5)C(c5ccccc5)(c5ccccc5)c5ccccc5-6)cc4)ccc32)cc1. The van der Waals surface area contributed by atoms with E-state index in [1.807, 2.05) is 12.1 Å². The first-order chi connectivity index (χ1) is 28.7. The first-order valence-corrected chi connectivity index (χ1v) is 19.8. The van der Waals surface area contributed by atoms with E-state index < -0.39 is 5.41 Å². The first kappa shape index (κ1) is 33.8. The van der Waals surface area contributed by atoms with Gasteiger partial charge in [-0.3, -0.25) is 0 Å². The van der Waals surface area contributed by atoms with Crippen LogP contribution < -0.4 is 4.90 Å². The van der Waals surface area contributed by atoms with Gasteiger partial charge < -0.3 is 9.47 Å². The van der Waals surface area contributed by atoms with Crippen LogP contribution in [0.15, 0.2) is 224 Å². The second-order valence-electron chi connectivity index (χ2n) is 15.0. The van der Waals surface area contributed by atoms with Crippen molar-refractivity contribution in [2.45, 2.75) is 5.41 Å². The Morgan fingerprint density at radius 3 is 1.66 bits per heavy atom. The Hall–Kier alpha value is -7.49. The summed E-state index contributed by atoms with van der Waals surface area (Å²) in [5, 5.41) is 2.32. The third kappa shape index (κ3) is 5.24. The summed E-state index contributed by atoms with van der Waals surface area (Å²) in [6.45, 7) is 0. The molecule has 0 aliphatic heterocycles. The molecule has 2 nitrogen and oxygen atoms in total. The second-order valence-corrected chi connectivity index (χ2v) is 15.0. The van der Waals surface area contributed by atoms with Crippen LogP contribution in [0.25, 0.3) is 49.7 Å². The van der Waals surface area contributed by atoms with Gasteiger partial charge in [0.25, 0.3) is 0 Å². The van der Waals surface area contributed by atoms with Crippen molar-refractivity contribution in [1.82, 2.24) is 4.57 Å². The first-order valence-electron chi connectivity index (χ1n) is 19.8. The Kier molecular flexibility index (Phi) is 7.94. The highest BCUT2D eigenvalue weighted by Gasteiger charge is 2.46. The summed E-state index contributed by atoms with van der Waals surface area (Å²) < 4.78 is 16.1. The molecule has 10 aromatic rings. The molecule has 1 aliphatic carbocycles. The summed E-state index contributed by atoms with van der Waals surface area (Å²) in [6.07, 6.45) is 0. The van der Waals surface area contributed by atoms with Gasteiger partial charge in [-0.25, -0.2) is 4.39 Å². The topological polar surface area (TPSA) is 8.17 Å². The van der Waals surface area contributed by atoms with E-state index in [0.29, 0.717) is 0 Å². The highest BCUT2D eigenvalue weighted by molar-refractivity contribution is 6.10. The lowest BCUT2D eigenvalue weighted by molar-refractivity contribution is 0.627. The number of fused-ring (bicyclic) bond motifs is 6. The van der Waals surface area contributed by atoms with Gasteiger partial charge in [-0.2, -0.15) is 0 Å². The highest BCUT2D eigenvalue weighted by Crippen LogP contribution is 2.57. The van der Waals surface area contributed by atoms with Gasteiger partial charge in [0.1, 0.15) is 5.82 Å². The van der Waals surface area contributed by atoms with E-state index in [-0.39, 0.29) is 5.82 Å². The lowest BCUT2D eigenvalue weighted by Gasteiger charge is -2.35. The smallest absolute Gasteiger partial charge is 0.123 e. The highest BCUT2D eigenvalue weighted by atomic mass is 19.1. The molecule has 0 amide bonds. The van der Waals surface area contributed by atoms with Crippen LogP contribution in [0.2, 0.25) is 0 Å². The van der Waals surface area contributed by atoms with Gasteiger partial charge in [0.05, 0.1) is 16.4 Å². The Morgan fingerprint density at radius 1 is 0.379 bits per heavy atom. The van der Waals surface area contributed by atoms with Crippen molar-refractivity contribution in [3.05, 3.63) is 253 Å². The number of rotatable bonds is 7. The fourth-order valence-electron chi connectivity index (χ4n) is 9.42. The second kappa shape index (κ2) is 13.6. The number of anilines is 3.